The van der Waals surface area contributed by atoms with Crippen LogP contribution >= 0.6 is 15.9 Å². The molecule has 0 bridgehead atoms. The third-order valence-electron chi connectivity index (χ3n) is 3.54. The van der Waals surface area contributed by atoms with Gasteiger partial charge in [0.1, 0.15) is 11.6 Å². The van der Waals surface area contributed by atoms with Crippen LogP contribution in [-0.2, 0) is 19.2 Å². The molecule has 1 saturated heterocycles. The second-order valence-corrected chi connectivity index (χ2v) is 5.97. The van der Waals surface area contributed by atoms with E-state index in [4.69, 9.17) is 0 Å². The first-order valence-corrected chi connectivity index (χ1v) is 7.25. The number of carbonyl (C=O) groups is 4. The lowest BCUT2D eigenvalue weighted by Gasteiger charge is -2.18. The van der Waals surface area contributed by atoms with Crippen LogP contribution in [0.15, 0.2) is 28.7 Å². The Bertz CT molecular complexity index is 609. The monoisotopic (exact) mass is 351 g/mol. The zero-order valence-electron chi connectivity index (χ0n) is 11.6. The molecule has 1 heterocycles. The Morgan fingerprint density at radius 3 is 2.14 bits per heavy atom. The van der Waals surface area contributed by atoms with Gasteiger partial charge in [-0.3, -0.25) is 24.1 Å². The third-order valence-corrected chi connectivity index (χ3v) is 4.07. The van der Waals surface area contributed by atoms with E-state index in [0.717, 1.165) is 9.37 Å². The Hall–Kier alpha value is -1.82. The van der Waals surface area contributed by atoms with Gasteiger partial charge in [-0.05, 0) is 38.1 Å². The van der Waals surface area contributed by atoms with Crippen molar-refractivity contribution in [2.45, 2.75) is 20.3 Å². The van der Waals surface area contributed by atoms with Crippen LogP contribution in [0.5, 0.6) is 0 Å². The Labute approximate surface area is 130 Å². The highest BCUT2D eigenvalue weighted by Crippen LogP contribution is 2.32. The predicted molar refractivity (Wildman–Crippen MR) is 79.6 cm³/mol. The fourth-order valence-corrected chi connectivity index (χ4v) is 2.89. The fraction of sp³-hybridized carbons (Fsp3) is 0.333. The topological polar surface area (TPSA) is 71.5 Å². The van der Waals surface area contributed by atoms with Crippen molar-refractivity contribution < 1.29 is 19.2 Å². The fourth-order valence-electron chi connectivity index (χ4n) is 2.63. The molecule has 0 aliphatic carbocycles. The molecule has 1 aromatic carbocycles. The summed E-state index contributed by atoms with van der Waals surface area (Å²) in [5.41, 5.74) is 0.446. The van der Waals surface area contributed by atoms with Crippen molar-refractivity contribution in [1.29, 1.82) is 0 Å². The first-order chi connectivity index (χ1) is 9.82. The van der Waals surface area contributed by atoms with Gasteiger partial charge in [0.2, 0.25) is 11.8 Å². The Balaban J connectivity index is 2.34. The number of hydrogen-bond acceptors (Lipinski definition) is 4. The number of benzene rings is 1. The highest BCUT2D eigenvalue weighted by Gasteiger charge is 2.46. The van der Waals surface area contributed by atoms with Gasteiger partial charge in [-0.1, -0.05) is 15.9 Å². The number of hydrogen-bond donors (Lipinski definition) is 0. The highest BCUT2D eigenvalue weighted by atomic mass is 79.9. The van der Waals surface area contributed by atoms with Gasteiger partial charge in [0, 0.05) is 10.9 Å². The van der Waals surface area contributed by atoms with Gasteiger partial charge in [0.25, 0.3) is 0 Å². The lowest BCUT2D eigenvalue weighted by Crippen LogP contribution is -2.36. The minimum Gasteiger partial charge on any atom is -0.299 e. The van der Waals surface area contributed by atoms with Gasteiger partial charge in [0.05, 0.1) is 17.5 Å². The van der Waals surface area contributed by atoms with Gasteiger partial charge in [-0.25, -0.2) is 0 Å². The molecule has 0 unspecified atom stereocenters. The number of imide groups is 1. The van der Waals surface area contributed by atoms with Crippen molar-refractivity contribution in [1.82, 2.24) is 0 Å². The maximum atomic E-state index is 12.4. The van der Waals surface area contributed by atoms with Gasteiger partial charge in [-0.15, -0.1) is 0 Å². The molecule has 0 saturated carbocycles. The average Bonchev–Trinajstić information content (AvgIpc) is 2.66. The number of carbonyl (C=O) groups excluding carboxylic acids is 4. The van der Waals surface area contributed by atoms with E-state index < -0.39 is 17.7 Å². The van der Waals surface area contributed by atoms with Crippen molar-refractivity contribution in [2.24, 2.45) is 11.8 Å². The molecule has 2 rings (SSSR count). The minimum atomic E-state index is -1.04. The molecule has 0 spiro atoms. The Morgan fingerprint density at radius 1 is 1.14 bits per heavy atom. The summed E-state index contributed by atoms with van der Waals surface area (Å²) in [6.45, 7) is 2.54. The van der Waals surface area contributed by atoms with Crippen molar-refractivity contribution in [3.05, 3.63) is 28.7 Å². The quantitative estimate of drug-likeness (QED) is 0.615. The van der Waals surface area contributed by atoms with Gasteiger partial charge in [-0.2, -0.15) is 0 Å². The van der Waals surface area contributed by atoms with Crippen LogP contribution in [0, 0.1) is 11.8 Å². The molecule has 0 N–H and O–H groups in total. The highest BCUT2D eigenvalue weighted by molar-refractivity contribution is 9.10. The van der Waals surface area contributed by atoms with Crippen LogP contribution in [0.1, 0.15) is 20.3 Å². The van der Waals surface area contributed by atoms with Crippen molar-refractivity contribution in [2.75, 3.05) is 4.90 Å². The molecule has 5 nitrogen and oxygen atoms in total. The van der Waals surface area contributed by atoms with E-state index in [-0.39, 0.29) is 23.9 Å². The largest absolute Gasteiger partial charge is 0.299 e. The zero-order chi connectivity index (χ0) is 15.7. The number of anilines is 1. The van der Waals surface area contributed by atoms with Gasteiger partial charge < -0.3 is 0 Å². The molecule has 2 amide bonds. The van der Waals surface area contributed by atoms with E-state index in [1.54, 1.807) is 24.3 Å². The SMILES string of the molecule is CC(=O)C(C(C)=O)[C@H]1CC(=O)N(c2ccc(Br)cc2)C1=O. The number of rotatable bonds is 4. The molecule has 1 fully saturated rings. The number of Topliss-reactive ketones (excluding diaryl/α,β-unsaturated/α-hetero) is 2. The van der Waals surface area contributed by atoms with E-state index in [1.807, 2.05) is 0 Å². The van der Waals surface area contributed by atoms with E-state index in [1.165, 1.54) is 13.8 Å². The predicted octanol–water partition coefficient (Wildman–Crippen LogP) is 2.12. The first-order valence-electron chi connectivity index (χ1n) is 6.46. The van der Waals surface area contributed by atoms with E-state index in [9.17, 15) is 19.2 Å². The van der Waals surface area contributed by atoms with E-state index in [0.29, 0.717) is 5.69 Å². The number of nitrogens with zero attached hydrogens (tertiary/aromatic N) is 1. The molecule has 1 atom stereocenters. The maximum absolute atomic E-state index is 12.4. The van der Waals surface area contributed by atoms with Crippen LogP contribution in [0.2, 0.25) is 0 Å². The number of halogens is 1. The van der Waals surface area contributed by atoms with Crippen LogP contribution in [0.4, 0.5) is 5.69 Å². The third kappa shape index (κ3) is 2.95. The van der Waals surface area contributed by atoms with E-state index in [2.05, 4.69) is 15.9 Å². The molecule has 1 aromatic rings. The second-order valence-electron chi connectivity index (χ2n) is 5.05. The van der Waals surface area contributed by atoms with E-state index >= 15 is 0 Å². The molecule has 0 radical (unpaired) electrons. The number of ketones is 2. The molecule has 0 aromatic heterocycles. The Kier molecular flexibility index (Phi) is 4.37. The standard InChI is InChI=1S/C15H14BrNO4/c1-8(18)14(9(2)19)12-7-13(20)17(15(12)21)11-5-3-10(16)4-6-11/h3-6,12,14H,7H2,1-2H3/t12-/m1/s1. The second kappa shape index (κ2) is 5.89. The van der Waals surface area contributed by atoms with Crippen molar-refractivity contribution >= 4 is 45.0 Å². The lowest BCUT2D eigenvalue weighted by atomic mass is 9.85. The van der Waals surface area contributed by atoms with Crippen LogP contribution in [-0.4, -0.2) is 23.4 Å². The molecule has 21 heavy (non-hydrogen) atoms. The van der Waals surface area contributed by atoms with Crippen molar-refractivity contribution in [3.8, 4) is 0 Å². The Morgan fingerprint density at radius 2 is 1.67 bits per heavy atom. The van der Waals surface area contributed by atoms with Crippen molar-refractivity contribution in [3.63, 3.8) is 0 Å². The summed E-state index contributed by atoms with van der Waals surface area (Å²) in [6, 6.07) is 6.71. The summed E-state index contributed by atoms with van der Waals surface area (Å²) in [5.74, 6) is -3.58. The first kappa shape index (κ1) is 15.6. The molecular weight excluding hydrogens is 338 g/mol. The summed E-state index contributed by atoms with van der Waals surface area (Å²) in [7, 11) is 0. The number of amides is 2. The molecule has 1 aliphatic rings. The normalized spacial score (nSPS) is 18.5. The summed E-state index contributed by atoms with van der Waals surface area (Å²) < 4.78 is 0.826. The molecular formula is C15H14BrNO4. The molecule has 110 valence electrons. The molecule has 6 heteroatoms. The van der Waals surface area contributed by atoms with Crippen LogP contribution in [0.3, 0.4) is 0 Å². The summed E-state index contributed by atoms with van der Waals surface area (Å²) in [4.78, 5) is 48.8. The van der Waals surface area contributed by atoms with Crippen LogP contribution < -0.4 is 4.90 Å². The van der Waals surface area contributed by atoms with Gasteiger partial charge >= 0.3 is 0 Å². The summed E-state index contributed by atoms with van der Waals surface area (Å²) in [5, 5.41) is 0. The van der Waals surface area contributed by atoms with Crippen LogP contribution in [0.25, 0.3) is 0 Å². The summed E-state index contributed by atoms with van der Waals surface area (Å²) >= 11 is 3.28. The molecule has 1 aliphatic heterocycles. The average molecular weight is 352 g/mol. The lowest BCUT2D eigenvalue weighted by molar-refractivity contribution is -0.137. The zero-order valence-corrected chi connectivity index (χ0v) is 13.2. The minimum absolute atomic E-state index is 0.112. The van der Waals surface area contributed by atoms with Gasteiger partial charge in [0.15, 0.2) is 0 Å². The summed E-state index contributed by atoms with van der Waals surface area (Å²) in [6.07, 6.45) is -0.112. The maximum Gasteiger partial charge on any atom is 0.238 e. The smallest absolute Gasteiger partial charge is 0.238 e.